The minimum absolute atomic E-state index is 0.181. The molecule has 0 spiro atoms. The second kappa shape index (κ2) is 7.81. The van der Waals surface area contributed by atoms with Crippen LogP contribution in [-0.4, -0.2) is 50.5 Å². The van der Waals surface area contributed by atoms with Crippen LogP contribution < -0.4 is 9.64 Å². The van der Waals surface area contributed by atoms with Gasteiger partial charge in [0.15, 0.2) is 5.78 Å². The highest BCUT2D eigenvalue weighted by molar-refractivity contribution is 9.10. The molecule has 0 amide bonds. The Morgan fingerprint density at radius 1 is 1.00 bits per heavy atom. The maximum Gasteiger partial charge on any atom is 0.176 e. The monoisotopic (exact) mass is 388 g/mol. The molecule has 0 bridgehead atoms. The van der Waals surface area contributed by atoms with Crippen LogP contribution in [0.3, 0.4) is 0 Å². The van der Waals surface area contributed by atoms with Crippen molar-refractivity contribution in [3.8, 4) is 5.75 Å². The Hall–Kier alpha value is -1.85. The van der Waals surface area contributed by atoms with Crippen molar-refractivity contribution in [1.29, 1.82) is 0 Å². The van der Waals surface area contributed by atoms with E-state index < -0.39 is 0 Å². The molecule has 0 unspecified atom stereocenters. The maximum absolute atomic E-state index is 12.4. The predicted molar refractivity (Wildman–Crippen MR) is 100 cm³/mol. The first-order chi connectivity index (χ1) is 11.7. The first-order valence-corrected chi connectivity index (χ1v) is 8.85. The van der Waals surface area contributed by atoms with Crippen LogP contribution in [0, 0.1) is 0 Å². The lowest BCUT2D eigenvalue weighted by molar-refractivity contribution is 0.0926. The van der Waals surface area contributed by atoms with E-state index in [1.54, 1.807) is 7.11 Å². The third-order valence-corrected chi connectivity index (χ3v) is 4.87. The summed E-state index contributed by atoms with van der Waals surface area (Å²) in [7, 11) is 1.68. The fourth-order valence-corrected chi connectivity index (χ4v) is 3.15. The summed E-state index contributed by atoms with van der Waals surface area (Å²) < 4.78 is 6.19. The molecule has 5 heteroatoms. The van der Waals surface area contributed by atoms with Crippen LogP contribution in [0.15, 0.2) is 53.0 Å². The number of halogens is 1. The quantitative estimate of drug-likeness (QED) is 0.734. The van der Waals surface area contributed by atoms with Gasteiger partial charge in [-0.3, -0.25) is 9.69 Å². The zero-order valence-electron chi connectivity index (χ0n) is 13.7. The molecule has 1 heterocycles. The van der Waals surface area contributed by atoms with Gasteiger partial charge in [-0.15, -0.1) is 0 Å². The molecule has 2 aromatic carbocycles. The van der Waals surface area contributed by atoms with E-state index in [-0.39, 0.29) is 5.78 Å². The Morgan fingerprint density at radius 2 is 1.62 bits per heavy atom. The van der Waals surface area contributed by atoms with E-state index in [1.807, 2.05) is 36.4 Å². The summed E-state index contributed by atoms with van der Waals surface area (Å²) >= 11 is 3.40. The van der Waals surface area contributed by atoms with Crippen molar-refractivity contribution < 1.29 is 9.53 Å². The molecule has 0 aliphatic carbocycles. The van der Waals surface area contributed by atoms with Crippen molar-refractivity contribution in [3.63, 3.8) is 0 Å². The molecular weight excluding hydrogens is 368 g/mol. The smallest absolute Gasteiger partial charge is 0.176 e. The van der Waals surface area contributed by atoms with Crippen molar-refractivity contribution in [1.82, 2.24) is 4.90 Å². The zero-order chi connectivity index (χ0) is 16.9. The Morgan fingerprint density at radius 3 is 2.21 bits per heavy atom. The Bertz CT molecular complexity index is 678. The number of carbonyl (C=O) groups is 1. The van der Waals surface area contributed by atoms with Gasteiger partial charge in [-0.1, -0.05) is 28.1 Å². The average Bonchev–Trinajstić information content (AvgIpc) is 2.63. The molecule has 126 valence electrons. The molecule has 2 aromatic rings. The van der Waals surface area contributed by atoms with E-state index in [1.165, 1.54) is 5.69 Å². The SMILES string of the molecule is COc1ccc(N2CCN(CC(=O)c3ccc(Br)cc3)CC2)cc1. The Balaban J connectivity index is 1.52. The molecule has 0 saturated carbocycles. The number of benzene rings is 2. The topological polar surface area (TPSA) is 32.8 Å². The van der Waals surface area contributed by atoms with Gasteiger partial charge in [0.25, 0.3) is 0 Å². The van der Waals surface area contributed by atoms with Crippen LogP contribution in [0.1, 0.15) is 10.4 Å². The molecule has 24 heavy (non-hydrogen) atoms. The van der Waals surface area contributed by atoms with Crippen LogP contribution in [0.2, 0.25) is 0 Å². The van der Waals surface area contributed by atoms with Crippen molar-refractivity contribution in [2.24, 2.45) is 0 Å². The lowest BCUT2D eigenvalue weighted by atomic mass is 10.1. The number of piperazine rings is 1. The van der Waals surface area contributed by atoms with Gasteiger partial charge in [0.1, 0.15) is 5.75 Å². The molecule has 0 radical (unpaired) electrons. The fraction of sp³-hybridized carbons (Fsp3) is 0.316. The van der Waals surface area contributed by atoms with Crippen LogP contribution >= 0.6 is 15.9 Å². The van der Waals surface area contributed by atoms with E-state index in [9.17, 15) is 4.79 Å². The van der Waals surface area contributed by atoms with Crippen LogP contribution in [0.5, 0.6) is 5.75 Å². The lowest BCUT2D eigenvalue weighted by Crippen LogP contribution is -2.48. The fourth-order valence-electron chi connectivity index (χ4n) is 2.89. The maximum atomic E-state index is 12.4. The second-order valence-corrected chi connectivity index (χ2v) is 6.81. The molecular formula is C19H21BrN2O2. The summed E-state index contributed by atoms with van der Waals surface area (Å²) in [5, 5.41) is 0. The molecule has 1 aliphatic rings. The summed E-state index contributed by atoms with van der Waals surface area (Å²) in [6.45, 7) is 4.14. The number of carbonyl (C=O) groups excluding carboxylic acids is 1. The second-order valence-electron chi connectivity index (χ2n) is 5.89. The Kier molecular flexibility index (Phi) is 5.53. The minimum atomic E-state index is 0.181. The normalized spacial score (nSPS) is 15.3. The average molecular weight is 389 g/mol. The lowest BCUT2D eigenvalue weighted by Gasteiger charge is -2.35. The largest absolute Gasteiger partial charge is 0.497 e. The highest BCUT2D eigenvalue weighted by Crippen LogP contribution is 2.20. The molecule has 0 N–H and O–H groups in total. The van der Waals surface area contributed by atoms with Crippen LogP contribution in [0.4, 0.5) is 5.69 Å². The van der Waals surface area contributed by atoms with Crippen molar-refractivity contribution >= 4 is 27.4 Å². The van der Waals surface area contributed by atoms with Crippen molar-refractivity contribution in [2.75, 3.05) is 44.7 Å². The van der Waals surface area contributed by atoms with Crippen LogP contribution in [0.25, 0.3) is 0 Å². The standard InChI is InChI=1S/C19H21BrN2O2/c1-24-18-8-6-17(7-9-18)22-12-10-21(11-13-22)14-19(23)15-2-4-16(20)5-3-15/h2-9H,10-14H2,1H3. The highest BCUT2D eigenvalue weighted by Gasteiger charge is 2.19. The molecule has 1 fully saturated rings. The summed E-state index contributed by atoms with van der Waals surface area (Å²) in [5.41, 5.74) is 1.98. The van der Waals surface area contributed by atoms with Gasteiger partial charge in [-0.05, 0) is 36.4 Å². The predicted octanol–water partition coefficient (Wildman–Crippen LogP) is 3.46. The number of hydrogen-bond donors (Lipinski definition) is 0. The van der Waals surface area contributed by atoms with E-state index in [4.69, 9.17) is 4.74 Å². The van der Waals surface area contributed by atoms with Gasteiger partial charge in [0, 0.05) is 41.9 Å². The first kappa shape index (κ1) is 17.0. The third kappa shape index (κ3) is 4.16. The van der Waals surface area contributed by atoms with Gasteiger partial charge in [-0.25, -0.2) is 0 Å². The number of Topliss-reactive ketones (excluding diaryl/α,β-unsaturated/α-hetero) is 1. The van der Waals surface area contributed by atoms with Crippen molar-refractivity contribution in [3.05, 3.63) is 58.6 Å². The number of methoxy groups -OCH3 is 1. The van der Waals surface area contributed by atoms with E-state index in [0.717, 1.165) is 42.0 Å². The number of hydrogen-bond acceptors (Lipinski definition) is 4. The number of nitrogens with zero attached hydrogens (tertiary/aromatic N) is 2. The third-order valence-electron chi connectivity index (χ3n) is 4.34. The molecule has 0 atom stereocenters. The van der Waals surface area contributed by atoms with Gasteiger partial charge < -0.3 is 9.64 Å². The number of ether oxygens (including phenoxy) is 1. The zero-order valence-corrected chi connectivity index (χ0v) is 15.3. The molecule has 0 aromatic heterocycles. The summed E-state index contributed by atoms with van der Waals surface area (Å²) in [5.74, 6) is 1.05. The highest BCUT2D eigenvalue weighted by atomic mass is 79.9. The first-order valence-electron chi connectivity index (χ1n) is 8.06. The summed E-state index contributed by atoms with van der Waals surface area (Å²) in [6.07, 6.45) is 0. The summed E-state index contributed by atoms with van der Waals surface area (Å²) in [4.78, 5) is 16.9. The minimum Gasteiger partial charge on any atom is -0.497 e. The Labute approximate surface area is 151 Å². The number of rotatable bonds is 5. The molecule has 1 aliphatic heterocycles. The number of ketones is 1. The molecule has 4 nitrogen and oxygen atoms in total. The van der Waals surface area contributed by atoms with E-state index in [2.05, 4.69) is 37.9 Å². The summed E-state index contributed by atoms with van der Waals surface area (Å²) in [6, 6.07) is 15.7. The number of anilines is 1. The van der Waals surface area contributed by atoms with Gasteiger partial charge in [-0.2, -0.15) is 0 Å². The molecule has 3 rings (SSSR count). The van der Waals surface area contributed by atoms with Crippen LogP contribution in [-0.2, 0) is 0 Å². The van der Waals surface area contributed by atoms with Gasteiger partial charge in [0.2, 0.25) is 0 Å². The van der Waals surface area contributed by atoms with E-state index >= 15 is 0 Å². The molecule has 1 saturated heterocycles. The van der Waals surface area contributed by atoms with Gasteiger partial charge in [0.05, 0.1) is 13.7 Å². The van der Waals surface area contributed by atoms with Gasteiger partial charge >= 0.3 is 0 Å². The van der Waals surface area contributed by atoms with Crippen molar-refractivity contribution in [2.45, 2.75) is 0 Å². The van der Waals surface area contributed by atoms with E-state index in [0.29, 0.717) is 6.54 Å².